The third-order valence-electron chi connectivity index (χ3n) is 3.03. The number of carboxylic acid groups (broad SMARTS) is 2. The van der Waals surface area contributed by atoms with Crippen molar-refractivity contribution in [2.45, 2.75) is 33.2 Å². The Morgan fingerprint density at radius 2 is 1.86 bits per heavy atom. The lowest BCUT2D eigenvalue weighted by atomic mass is 10.00. The summed E-state index contributed by atoms with van der Waals surface area (Å²) in [7, 11) is 0. The molecule has 1 aromatic carbocycles. The van der Waals surface area contributed by atoms with Crippen LogP contribution in [0.25, 0.3) is 11.0 Å². The van der Waals surface area contributed by atoms with Gasteiger partial charge in [0.05, 0.1) is 6.26 Å². The molecule has 0 spiro atoms. The summed E-state index contributed by atoms with van der Waals surface area (Å²) in [4.78, 5) is 18.2. The molecule has 0 radical (unpaired) electrons. The molecule has 6 nitrogen and oxygen atoms in total. The number of aliphatic carboxylic acids is 2. The highest BCUT2D eigenvalue weighted by Gasteiger charge is 2.15. The molecule has 0 amide bonds. The van der Waals surface area contributed by atoms with Gasteiger partial charge in [-0.15, -0.1) is 0 Å². The Balaban J connectivity index is 0.000000346. The van der Waals surface area contributed by atoms with Crippen LogP contribution in [0.3, 0.4) is 0 Å². The maximum Gasteiger partial charge on any atom is 0.414 e. The van der Waals surface area contributed by atoms with Crippen molar-refractivity contribution in [1.82, 2.24) is 0 Å². The first-order valence-electron chi connectivity index (χ1n) is 6.52. The van der Waals surface area contributed by atoms with Crippen LogP contribution in [0.2, 0.25) is 0 Å². The average molecular weight is 311 g/mol. The first kappa shape index (κ1) is 17.6. The second kappa shape index (κ2) is 7.04. The first-order chi connectivity index (χ1) is 10.1. The van der Waals surface area contributed by atoms with Crippen molar-refractivity contribution in [2.24, 2.45) is 5.73 Å². The van der Waals surface area contributed by atoms with Gasteiger partial charge in [0.1, 0.15) is 11.4 Å². The molecule has 0 saturated carbocycles. The number of hydrogen-bond acceptors (Lipinski definition) is 4. The first-order valence-corrected chi connectivity index (χ1v) is 6.52. The van der Waals surface area contributed by atoms with Gasteiger partial charge in [-0.2, -0.15) is 0 Å². The largest absolute Gasteiger partial charge is 0.473 e. The third-order valence-corrected chi connectivity index (χ3v) is 3.03. The summed E-state index contributed by atoms with van der Waals surface area (Å²) in [5, 5.41) is 15.7. The minimum absolute atomic E-state index is 0.00397. The topological polar surface area (TPSA) is 114 Å². The minimum Gasteiger partial charge on any atom is -0.473 e. The highest BCUT2D eigenvalue weighted by molar-refractivity contribution is 6.27. The van der Waals surface area contributed by atoms with Crippen molar-refractivity contribution in [2.75, 3.05) is 0 Å². The molecular weight excluding hydrogens is 293 g/mol. The molecule has 1 aromatic heterocycles. The van der Waals surface area contributed by atoms with E-state index in [1.54, 1.807) is 13.2 Å². The van der Waals surface area contributed by atoms with E-state index in [0.29, 0.717) is 12.0 Å². The number of rotatable bonds is 2. The molecule has 22 heavy (non-hydrogen) atoms. The van der Waals surface area contributed by atoms with Crippen molar-refractivity contribution >= 4 is 22.9 Å². The Labute approximate surface area is 126 Å². The normalized spacial score (nSPS) is 11.7. The van der Waals surface area contributed by atoms with Crippen LogP contribution in [0, 0.1) is 19.7 Å². The van der Waals surface area contributed by atoms with Crippen LogP contribution in [0.4, 0.5) is 4.39 Å². The molecule has 1 atom stereocenters. The lowest BCUT2D eigenvalue weighted by Crippen LogP contribution is -2.18. The number of carboxylic acids is 2. The van der Waals surface area contributed by atoms with Gasteiger partial charge in [-0.05, 0) is 49.9 Å². The molecule has 0 aliphatic heterocycles. The van der Waals surface area contributed by atoms with Crippen LogP contribution in [-0.2, 0) is 16.0 Å². The molecule has 0 aliphatic rings. The van der Waals surface area contributed by atoms with Crippen molar-refractivity contribution in [3.8, 4) is 0 Å². The van der Waals surface area contributed by atoms with E-state index >= 15 is 0 Å². The summed E-state index contributed by atoms with van der Waals surface area (Å²) in [6, 6.07) is 1.53. The predicted octanol–water partition coefficient (Wildman–Crippen LogP) is 2.23. The van der Waals surface area contributed by atoms with Gasteiger partial charge in [-0.3, -0.25) is 0 Å². The van der Waals surface area contributed by atoms with E-state index in [-0.39, 0.29) is 11.9 Å². The van der Waals surface area contributed by atoms with Gasteiger partial charge < -0.3 is 20.4 Å². The zero-order valence-corrected chi connectivity index (χ0v) is 12.5. The number of furan rings is 1. The third kappa shape index (κ3) is 4.05. The van der Waals surface area contributed by atoms with Crippen LogP contribution >= 0.6 is 0 Å². The maximum atomic E-state index is 13.7. The maximum absolute atomic E-state index is 13.7. The summed E-state index contributed by atoms with van der Waals surface area (Å²) < 4.78 is 19.2. The number of halogens is 1. The number of carbonyl (C=O) groups is 2. The zero-order valence-electron chi connectivity index (χ0n) is 12.5. The van der Waals surface area contributed by atoms with Crippen molar-refractivity contribution in [3.05, 3.63) is 34.8 Å². The Bertz CT molecular complexity index is 694. The average Bonchev–Trinajstić information content (AvgIpc) is 2.78. The lowest BCUT2D eigenvalue weighted by Gasteiger charge is -2.08. The van der Waals surface area contributed by atoms with Gasteiger partial charge in [0, 0.05) is 11.4 Å². The van der Waals surface area contributed by atoms with E-state index in [2.05, 4.69) is 0 Å². The Hall–Kier alpha value is -2.41. The zero-order chi connectivity index (χ0) is 17.0. The van der Waals surface area contributed by atoms with E-state index in [1.807, 2.05) is 13.8 Å². The van der Waals surface area contributed by atoms with Crippen LogP contribution in [-0.4, -0.2) is 28.2 Å². The Kier molecular flexibility index (Phi) is 5.64. The van der Waals surface area contributed by atoms with Gasteiger partial charge in [0.2, 0.25) is 0 Å². The molecule has 0 bridgehead atoms. The van der Waals surface area contributed by atoms with Crippen LogP contribution in [0.1, 0.15) is 23.6 Å². The molecule has 0 saturated heterocycles. The van der Waals surface area contributed by atoms with E-state index in [1.165, 1.54) is 6.07 Å². The fourth-order valence-electron chi connectivity index (χ4n) is 2.09. The van der Waals surface area contributed by atoms with Gasteiger partial charge in [0.15, 0.2) is 0 Å². The number of hydrogen-bond donors (Lipinski definition) is 3. The van der Waals surface area contributed by atoms with Gasteiger partial charge in [-0.1, -0.05) is 0 Å². The molecular formula is C15H18FNO5. The molecule has 2 rings (SSSR count). The SMILES string of the molecule is Cc1coc2c(CC(C)N)cc(F)c(C)c12.O=C(O)C(=O)O. The molecule has 2 aromatic rings. The quantitative estimate of drug-likeness (QED) is 0.733. The smallest absolute Gasteiger partial charge is 0.414 e. The number of benzene rings is 1. The molecule has 0 aliphatic carbocycles. The van der Waals surface area contributed by atoms with Crippen LogP contribution in [0.5, 0.6) is 0 Å². The van der Waals surface area contributed by atoms with E-state index < -0.39 is 11.9 Å². The van der Waals surface area contributed by atoms with Crippen molar-refractivity contribution in [3.63, 3.8) is 0 Å². The van der Waals surface area contributed by atoms with Crippen molar-refractivity contribution < 1.29 is 28.6 Å². The summed E-state index contributed by atoms with van der Waals surface area (Å²) >= 11 is 0. The highest BCUT2D eigenvalue weighted by atomic mass is 19.1. The van der Waals surface area contributed by atoms with E-state index in [9.17, 15) is 4.39 Å². The minimum atomic E-state index is -1.82. The summed E-state index contributed by atoms with van der Waals surface area (Å²) in [6.07, 6.45) is 2.29. The summed E-state index contributed by atoms with van der Waals surface area (Å²) in [6.45, 7) is 5.60. The molecule has 1 heterocycles. The summed E-state index contributed by atoms with van der Waals surface area (Å²) in [5.41, 5.74) is 8.98. The standard InChI is InChI=1S/C13H16FNO.C2H2O4/c1-7-6-16-13-10(4-8(2)15)5-11(14)9(3)12(7)13;3-1(4)2(5)6/h5-6,8H,4,15H2,1-3H3;(H,3,4)(H,5,6). The molecule has 1 unspecified atom stereocenters. The Morgan fingerprint density at radius 3 is 2.32 bits per heavy atom. The molecule has 7 heteroatoms. The summed E-state index contributed by atoms with van der Waals surface area (Å²) in [5.74, 6) is -3.84. The van der Waals surface area contributed by atoms with E-state index in [0.717, 1.165) is 22.1 Å². The van der Waals surface area contributed by atoms with Gasteiger partial charge in [0.25, 0.3) is 0 Å². The fourth-order valence-corrected chi connectivity index (χ4v) is 2.09. The van der Waals surface area contributed by atoms with E-state index in [4.69, 9.17) is 30.0 Å². The predicted molar refractivity (Wildman–Crippen MR) is 78.3 cm³/mol. The second-order valence-electron chi connectivity index (χ2n) is 5.06. The monoisotopic (exact) mass is 311 g/mol. The molecule has 120 valence electrons. The Morgan fingerprint density at radius 1 is 1.32 bits per heavy atom. The number of aryl methyl sites for hydroxylation is 2. The second-order valence-corrected chi connectivity index (χ2v) is 5.06. The number of fused-ring (bicyclic) bond motifs is 1. The van der Waals surface area contributed by atoms with Crippen LogP contribution < -0.4 is 5.73 Å². The van der Waals surface area contributed by atoms with Gasteiger partial charge >= 0.3 is 11.9 Å². The molecule has 0 fully saturated rings. The fraction of sp³-hybridized carbons (Fsp3) is 0.333. The number of nitrogens with two attached hydrogens (primary N) is 1. The van der Waals surface area contributed by atoms with Crippen LogP contribution in [0.15, 0.2) is 16.7 Å². The lowest BCUT2D eigenvalue weighted by molar-refractivity contribution is -0.159. The molecule has 4 N–H and O–H groups in total. The highest BCUT2D eigenvalue weighted by Crippen LogP contribution is 2.29. The van der Waals surface area contributed by atoms with Gasteiger partial charge in [-0.25, -0.2) is 14.0 Å². The van der Waals surface area contributed by atoms with Crippen molar-refractivity contribution in [1.29, 1.82) is 0 Å².